The fraction of sp³-hybridized carbons (Fsp3) is 0.533. The molecule has 1 amide bonds. The van der Waals surface area contributed by atoms with Crippen LogP contribution in [0, 0.1) is 6.92 Å². The van der Waals surface area contributed by atoms with E-state index in [2.05, 4.69) is 19.2 Å². The van der Waals surface area contributed by atoms with Crippen molar-refractivity contribution in [3.8, 4) is 5.75 Å². The van der Waals surface area contributed by atoms with Gasteiger partial charge < -0.3 is 15.2 Å². The fourth-order valence-corrected chi connectivity index (χ4v) is 1.79. The Balaban J connectivity index is 2.80. The second kappa shape index (κ2) is 7.14. The quantitative estimate of drug-likeness (QED) is 0.827. The smallest absolute Gasteiger partial charge is 0.260 e. The first-order valence-electron chi connectivity index (χ1n) is 6.61. The molecule has 1 aromatic rings. The van der Waals surface area contributed by atoms with Crippen LogP contribution in [0.1, 0.15) is 37.8 Å². The molecule has 1 aromatic carbocycles. The third-order valence-corrected chi connectivity index (χ3v) is 2.88. The van der Waals surface area contributed by atoms with Gasteiger partial charge in [-0.2, -0.15) is 0 Å². The molecule has 0 saturated heterocycles. The van der Waals surface area contributed by atoms with E-state index >= 15 is 0 Å². The maximum Gasteiger partial charge on any atom is 0.260 e. The zero-order chi connectivity index (χ0) is 14.4. The number of nitrogens with one attached hydrogen (secondary N) is 1. The van der Waals surface area contributed by atoms with Gasteiger partial charge in [-0.25, -0.2) is 0 Å². The van der Waals surface area contributed by atoms with Gasteiger partial charge in [0.25, 0.3) is 5.91 Å². The lowest BCUT2D eigenvalue weighted by molar-refractivity contribution is -0.127. The number of ether oxygens (including phenoxy) is 1. The highest BCUT2D eigenvalue weighted by Gasteiger charge is 2.17. The van der Waals surface area contributed by atoms with Crippen molar-refractivity contribution in [2.24, 2.45) is 0 Å². The van der Waals surface area contributed by atoms with Gasteiger partial charge in [-0.3, -0.25) is 4.79 Å². The lowest BCUT2D eigenvalue weighted by Crippen LogP contribution is -2.37. The summed E-state index contributed by atoms with van der Waals surface area (Å²) >= 11 is 0. The minimum Gasteiger partial charge on any atom is -0.481 e. The first-order valence-corrected chi connectivity index (χ1v) is 6.61. The van der Waals surface area contributed by atoms with Crippen molar-refractivity contribution in [2.75, 3.05) is 13.2 Å². The first kappa shape index (κ1) is 15.5. The van der Waals surface area contributed by atoms with Crippen molar-refractivity contribution in [3.63, 3.8) is 0 Å². The Morgan fingerprint density at radius 3 is 2.63 bits per heavy atom. The molecule has 1 rings (SSSR count). The van der Waals surface area contributed by atoms with Gasteiger partial charge in [0.15, 0.2) is 6.10 Å². The zero-order valence-electron chi connectivity index (χ0n) is 12.1. The van der Waals surface area contributed by atoms with Crippen molar-refractivity contribution >= 4 is 5.91 Å². The Hall–Kier alpha value is -1.55. The molecule has 4 nitrogen and oxygen atoms in total. The minimum atomic E-state index is -0.578. The number of amides is 1. The molecule has 4 heteroatoms. The maximum atomic E-state index is 11.7. The van der Waals surface area contributed by atoms with E-state index in [1.54, 1.807) is 6.92 Å². The lowest BCUT2D eigenvalue weighted by atomic mass is 10.0. The van der Waals surface area contributed by atoms with Crippen LogP contribution in [0.25, 0.3) is 0 Å². The monoisotopic (exact) mass is 265 g/mol. The fourth-order valence-electron chi connectivity index (χ4n) is 1.79. The van der Waals surface area contributed by atoms with E-state index in [1.807, 2.05) is 25.1 Å². The molecule has 1 unspecified atom stereocenters. The molecule has 1 atom stereocenters. The van der Waals surface area contributed by atoms with Crippen LogP contribution in [0.2, 0.25) is 0 Å². The van der Waals surface area contributed by atoms with Gasteiger partial charge in [0.05, 0.1) is 6.61 Å². The van der Waals surface area contributed by atoms with Gasteiger partial charge in [-0.1, -0.05) is 26.0 Å². The largest absolute Gasteiger partial charge is 0.481 e. The summed E-state index contributed by atoms with van der Waals surface area (Å²) in [5, 5.41) is 11.3. The highest BCUT2D eigenvalue weighted by atomic mass is 16.5. The van der Waals surface area contributed by atoms with Crippen LogP contribution in [-0.4, -0.2) is 30.3 Å². The molecule has 0 aliphatic heterocycles. The maximum absolute atomic E-state index is 11.7. The van der Waals surface area contributed by atoms with Crippen molar-refractivity contribution in [1.82, 2.24) is 5.32 Å². The van der Waals surface area contributed by atoms with Crippen LogP contribution >= 0.6 is 0 Å². The lowest BCUT2D eigenvalue weighted by Gasteiger charge is -2.19. The summed E-state index contributed by atoms with van der Waals surface area (Å²) in [6, 6.07) is 6.03. The Morgan fingerprint density at radius 1 is 1.37 bits per heavy atom. The number of aryl methyl sites for hydroxylation is 1. The van der Waals surface area contributed by atoms with Gasteiger partial charge in [0, 0.05) is 6.54 Å². The highest BCUT2D eigenvalue weighted by Crippen LogP contribution is 2.28. The van der Waals surface area contributed by atoms with Crippen LogP contribution < -0.4 is 10.1 Å². The van der Waals surface area contributed by atoms with Gasteiger partial charge in [0.2, 0.25) is 0 Å². The van der Waals surface area contributed by atoms with Crippen LogP contribution in [0.5, 0.6) is 5.75 Å². The molecule has 0 aromatic heterocycles. The predicted molar refractivity (Wildman–Crippen MR) is 75.5 cm³/mol. The Kier molecular flexibility index (Phi) is 5.83. The van der Waals surface area contributed by atoms with E-state index in [0.29, 0.717) is 5.92 Å². The Morgan fingerprint density at radius 2 is 2.05 bits per heavy atom. The molecule has 0 aliphatic carbocycles. The number of carbonyl (C=O) groups is 1. The standard InChI is InChI=1S/C15H23NO3/c1-10(2)13-6-5-11(3)9-14(13)19-12(4)15(18)16-7-8-17/h5-6,9-10,12,17H,7-8H2,1-4H3,(H,16,18). The summed E-state index contributed by atoms with van der Waals surface area (Å²) in [6.45, 7) is 8.06. The van der Waals surface area contributed by atoms with Gasteiger partial charge in [0.1, 0.15) is 5.75 Å². The third-order valence-electron chi connectivity index (χ3n) is 2.88. The second-order valence-electron chi connectivity index (χ2n) is 4.97. The molecule has 0 aliphatic rings. The summed E-state index contributed by atoms with van der Waals surface area (Å²) in [6.07, 6.45) is -0.578. The number of aliphatic hydroxyl groups excluding tert-OH is 1. The molecular formula is C15H23NO3. The molecule has 0 heterocycles. The summed E-state index contributed by atoms with van der Waals surface area (Å²) in [4.78, 5) is 11.7. The molecule has 19 heavy (non-hydrogen) atoms. The van der Waals surface area contributed by atoms with Crippen LogP contribution in [-0.2, 0) is 4.79 Å². The number of hydrogen-bond donors (Lipinski definition) is 2. The molecule has 0 bridgehead atoms. The molecular weight excluding hydrogens is 242 g/mol. The van der Waals surface area contributed by atoms with E-state index in [0.717, 1.165) is 16.9 Å². The molecule has 2 N–H and O–H groups in total. The number of benzene rings is 1. The Labute approximate surface area is 114 Å². The van der Waals surface area contributed by atoms with Crippen LogP contribution in [0.3, 0.4) is 0 Å². The van der Waals surface area contributed by atoms with Crippen LogP contribution in [0.4, 0.5) is 0 Å². The second-order valence-corrected chi connectivity index (χ2v) is 4.97. The van der Waals surface area contributed by atoms with Gasteiger partial charge in [-0.15, -0.1) is 0 Å². The molecule has 0 radical (unpaired) electrons. The van der Waals surface area contributed by atoms with E-state index in [-0.39, 0.29) is 19.1 Å². The van der Waals surface area contributed by atoms with E-state index < -0.39 is 6.10 Å². The molecule has 0 fully saturated rings. The summed E-state index contributed by atoms with van der Waals surface area (Å²) < 4.78 is 5.75. The zero-order valence-corrected chi connectivity index (χ0v) is 12.1. The van der Waals surface area contributed by atoms with E-state index in [9.17, 15) is 4.79 Å². The molecule has 0 spiro atoms. The summed E-state index contributed by atoms with van der Waals surface area (Å²) in [5.74, 6) is 0.871. The topological polar surface area (TPSA) is 58.6 Å². The van der Waals surface area contributed by atoms with Crippen LogP contribution in [0.15, 0.2) is 18.2 Å². The Bertz CT molecular complexity index is 429. The van der Waals surface area contributed by atoms with E-state index in [4.69, 9.17) is 9.84 Å². The summed E-state index contributed by atoms with van der Waals surface area (Å²) in [5.41, 5.74) is 2.19. The average Bonchev–Trinajstić information content (AvgIpc) is 2.35. The third kappa shape index (κ3) is 4.56. The molecule has 0 saturated carbocycles. The number of carbonyl (C=O) groups excluding carboxylic acids is 1. The van der Waals surface area contributed by atoms with Gasteiger partial charge >= 0.3 is 0 Å². The van der Waals surface area contributed by atoms with Crippen molar-refractivity contribution in [2.45, 2.75) is 39.7 Å². The normalized spacial score (nSPS) is 12.3. The first-order chi connectivity index (χ1) is 8.95. The van der Waals surface area contributed by atoms with Gasteiger partial charge in [-0.05, 0) is 37.0 Å². The average molecular weight is 265 g/mol. The summed E-state index contributed by atoms with van der Waals surface area (Å²) in [7, 11) is 0. The highest BCUT2D eigenvalue weighted by molar-refractivity contribution is 5.80. The molecule has 106 valence electrons. The number of aliphatic hydroxyl groups is 1. The minimum absolute atomic E-state index is 0.0693. The van der Waals surface area contributed by atoms with E-state index in [1.165, 1.54) is 0 Å². The van der Waals surface area contributed by atoms with Crippen molar-refractivity contribution in [1.29, 1.82) is 0 Å². The predicted octanol–water partition coefficient (Wildman–Crippen LogP) is 1.99. The van der Waals surface area contributed by atoms with Crippen molar-refractivity contribution in [3.05, 3.63) is 29.3 Å². The van der Waals surface area contributed by atoms with Crippen molar-refractivity contribution < 1.29 is 14.6 Å². The number of rotatable bonds is 6. The number of hydrogen-bond acceptors (Lipinski definition) is 3. The SMILES string of the molecule is Cc1ccc(C(C)C)c(OC(C)C(=O)NCCO)c1.